The summed E-state index contributed by atoms with van der Waals surface area (Å²) in [5, 5.41) is 12.2. The number of carbonyl (C=O) groups is 2. The fraction of sp³-hybridized carbons (Fsp3) is 0.867. The van der Waals surface area contributed by atoms with E-state index in [1.54, 1.807) is 4.90 Å². The van der Waals surface area contributed by atoms with E-state index in [2.05, 4.69) is 10.2 Å². The van der Waals surface area contributed by atoms with E-state index in [4.69, 9.17) is 5.11 Å². The predicted molar refractivity (Wildman–Crippen MR) is 78.1 cm³/mol. The van der Waals surface area contributed by atoms with Crippen LogP contribution in [0.2, 0.25) is 0 Å². The van der Waals surface area contributed by atoms with Crippen LogP contribution in [0.4, 0.5) is 4.79 Å². The Morgan fingerprint density at radius 1 is 1.05 bits per heavy atom. The molecular weight excluding hydrogens is 270 g/mol. The molecule has 3 aliphatic rings. The molecule has 3 atom stereocenters. The summed E-state index contributed by atoms with van der Waals surface area (Å²) in [6.07, 6.45) is 6.04. The van der Waals surface area contributed by atoms with Crippen LogP contribution in [0.3, 0.4) is 0 Å². The first-order chi connectivity index (χ1) is 10.1. The summed E-state index contributed by atoms with van der Waals surface area (Å²) < 4.78 is 0. The fourth-order valence-electron chi connectivity index (χ4n) is 3.98. The molecule has 6 heteroatoms. The van der Waals surface area contributed by atoms with Crippen LogP contribution in [-0.4, -0.2) is 65.2 Å². The van der Waals surface area contributed by atoms with Crippen molar-refractivity contribution in [3.05, 3.63) is 0 Å². The number of nitrogens with zero attached hydrogens (tertiary/aromatic N) is 2. The lowest BCUT2D eigenvalue weighted by Gasteiger charge is -2.37. The van der Waals surface area contributed by atoms with Gasteiger partial charge >= 0.3 is 12.0 Å². The molecule has 0 aromatic heterocycles. The molecule has 2 unspecified atom stereocenters. The summed E-state index contributed by atoms with van der Waals surface area (Å²) in [7, 11) is 0. The topological polar surface area (TPSA) is 72.9 Å². The zero-order chi connectivity index (χ0) is 14.8. The molecule has 3 saturated heterocycles. The maximum atomic E-state index is 12.3. The van der Waals surface area contributed by atoms with Crippen molar-refractivity contribution >= 4 is 12.0 Å². The number of likely N-dealkylation sites (tertiary alicyclic amines) is 1. The lowest BCUT2D eigenvalue weighted by molar-refractivity contribution is -0.143. The zero-order valence-electron chi connectivity index (χ0n) is 12.5. The molecule has 3 rings (SSSR count). The number of piperidine rings is 2. The Morgan fingerprint density at radius 2 is 1.86 bits per heavy atom. The zero-order valence-corrected chi connectivity index (χ0v) is 12.5. The Kier molecular flexibility index (Phi) is 4.33. The van der Waals surface area contributed by atoms with Gasteiger partial charge in [-0.3, -0.25) is 4.79 Å². The molecule has 3 fully saturated rings. The van der Waals surface area contributed by atoms with Gasteiger partial charge in [0.25, 0.3) is 0 Å². The number of aliphatic carboxylic acids is 1. The summed E-state index contributed by atoms with van der Waals surface area (Å²) in [6.45, 7) is 3.31. The first-order valence-electron chi connectivity index (χ1n) is 8.16. The monoisotopic (exact) mass is 295 g/mol. The molecule has 0 bridgehead atoms. The Hall–Kier alpha value is -1.30. The van der Waals surface area contributed by atoms with Crippen LogP contribution in [-0.2, 0) is 4.79 Å². The van der Waals surface area contributed by atoms with Crippen molar-refractivity contribution in [2.75, 3.05) is 26.2 Å². The molecule has 2 N–H and O–H groups in total. The summed E-state index contributed by atoms with van der Waals surface area (Å²) in [5.74, 6) is -1.19. The van der Waals surface area contributed by atoms with Crippen molar-refractivity contribution < 1.29 is 14.7 Å². The van der Waals surface area contributed by atoms with E-state index in [1.807, 2.05) is 0 Å². The van der Waals surface area contributed by atoms with Crippen LogP contribution >= 0.6 is 0 Å². The van der Waals surface area contributed by atoms with Crippen molar-refractivity contribution in [2.24, 2.45) is 5.92 Å². The smallest absolute Gasteiger partial charge is 0.317 e. The molecular formula is C15H25N3O3. The van der Waals surface area contributed by atoms with E-state index >= 15 is 0 Å². The summed E-state index contributed by atoms with van der Waals surface area (Å²) in [6, 6.07) is 0.816. The number of nitrogens with one attached hydrogen (secondary N) is 1. The van der Waals surface area contributed by atoms with Crippen LogP contribution in [0.25, 0.3) is 0 Å². The van der Waals surface area contributed by atoms with Gasteiger partial charge in [-0.25, -0.2) is 4.79 Å². The highest BCUT2D eigenvalue weighted by atomic mass is 16.4. The fourth-order valence-corrected chi connectivity index (χ4v) is 3.98. The van der Waals surface area contributed by atoms with Gasteiger partial charge in [0.2, 0.25) is 0 Å². The standard InChI is InChI=1S/C15H25N3O3/c19-14(20)11-3-1-7-18(10-11)15(21)16-12-5-8-17-6-2-4-13(17)9-12/h11-13H,1-10H2,(H,16,21)(H,19,20)/t11-,12?,13?/m0/s1. The van der Waals surface area contributed by atoms with Crippen LogP contribution in [0.1, 0.15) is 38.5 Å². The lowest BCUT2D eigenvalue weighted by Crippen LogP contribution is -2.53. The average Bonchev–Trinajstić information content (AvgIpc) is 2.95. The number of urea groups is 1. The van der Waals surface area contributed by atoms with Gasteiger partial charge in [-0.1, -0.05) is 0 Å². The molecule has 0 saturated carbocycles. The number of hydrogen-bond acceptors (Lipinski definition) is 3. The van der Waals surface area contributed by atoms with Crippen molar-refractivity contribution in [3.63, 3.8) is 0 Å². The second kappa shape index (κ2) is 6.22. The molecule has 2 amide bonds. The Balaban J connectivity index is 1.50. The minimum Gasteiger partial charge on any atom is -0.481 e. The Bertz CT molecular complexity index is 415. The minimum atomic E-state index is -0.785. The summed E-state index contributed by atoms with van der Waals surface area (Å²) in [5.41, 5.74) is 0. The minimum absolute atomic E-state index is 0.0719. The van der Waals surface area contributed by atoms with Gasteiger partial charge in [0.1, 0.15) is 0 Å². The molecule has 0 aliphatic carbocycles. The van der Waals surface area contributed by atoms with E-state index in [1.165, 1.54) is 19.4 Å². The highest BCUT2D eigenvalue weighted by Crippen LogP contribution is 2.27. The number of hydrogen-bond donors (Lipinski definition) is 2. The van der Waals surface area contributed by atoms with Crippen molar-refractivity contribution in [1.29, 1.82) is 0 Å². The second-order valence-electron chi connectivity index (χ2n) is 6.63. The molecule has 3 aliphatic heterocycles. The highest BCUT2D eigenvalue weighted by molar-refractivity contribution is 5.76. The lowest BCUT2D eigenvalue weighted by atomic mass is 9.97. The average molecular weight is 295 g/mol. The van der Waals surface area contributed by atoms with E-state index in [0.29, 0.717) is 25.6 Å². The highest BCUT2D eigenvalue weighted by Gasteiger charge is 2.34. The van der Waals surface area contributed by atoms with Gasteiger partial charge in [-0.2, -0.15) is 0 Å². The molecule has 0 radical (unpaired) electrons. The normalized spacial score (nSPS) is 33.5. The number of carboxylic acids is 1. The first-order valence-corrected chi connectivity index (χ1v) is 8.16. The molecule has 0 spiro atoms. The quantitative estimate of drug-likeness (QED) is 0.801. The summed E-state index contributed by atoms with van der Waals surface area (Å²) >= 11 is 0. The Labute approximate surface area is 125 Å². The summed E-state index contributed by atoms with van der Waals surface area (Å²) in [4.78, 5) is 27.6. The second-order valence-corrected chi connectivity index (χ2v) is 6.63. The molecule has 0 aromatic carbocycles. The molecule has 0 aromatic rings. The maximum Gasteiger partial charge on any atom is 0.317 e. The van der Waals surface area contributed by atoms with E-state index in [0.717, 1.165) is 25.8 Å². The third-order valence-corrected chi connectivity index (χ3v) is 5.21. The molecule has 3 heterocycles. The van der Waals surface area contributed by atoms with E-state index < -0.39 is 11.9 Å². The van der Waals surface area contributed by atoms with Crippen molar-refractivity contribution in [2.45, 2.75) is 50.6 Å². The van der Waals surface area contributed by atoms with E-state index in [9.17, 15) is 9.59 Å². The van der Waals surface area contributed by atoms with Gasteiger partial charge in [0, 0.05) is 31.7 Å². The number of carboxylic acid groups (broad SMARTS) is 1. The van der Waals surface area contributed by atoms with Crippen LogP contribution in [0.5, 0.6) is 0 Å². The third kappa shape index (κ3) is 3.31. The number of carbonyl (C=O) groups excluding carboxylic acids is 1. The SMILES string of the molecule is O=C(O)[C@H]1CCCN(C(=O)NC2CCN3CCCC3C2)C1. The van der Waals surface area contributed by atoms with Crippen molar-refractivity contribution in [3.8, 4) is 0 Å². The largest absolute Gasteiger partial charge is 0.481 e. The van der Waals surface area contributed by atoms with Gasteiger partial charge in [-0.05, 0) is 45.1 Å². The van der Waals surface area contributed by atoms with Crippen LogP contribution in [0, 0.1) is 5.92 Å². The third-order valence-electron chi connectivity index (χ3n) is 5.21. The molecule has 118 valence electrons. The van der Waals surface area contributed by atoms with Gasteiger partial charge in [-0.15, -0.1) is 0 Å². The van der Waals surface area contributed by atoms with Gasteiger partial charge in [0.15, 0.2) is 0 Å². The molecule has 6 nitrogen and oxygen atoms in total. The molecule has 21 heavy (non-hydrogen) atoms. The number of fused-ring (bicyclic) bond motifs is 1. The number of amides is 2. The number of rotatable bonds is 2. The van der Waals surface area contributed by atoms with Crippen molar-refractivity contribution in [1.82, 2.24) is 15.1 Å². The van der Waals surface area contributed by atoms with E-state index in [-0.39, 0.29) is 12.1 Å². The van der Waals surface area contributed by atoms with Crippen LogP contribution in [0.15, 0.2) is 0 Å². The Morgan fingerprint density at radius 3 is 2.67 bits per heavy atom. The first kappa shape index (κ1) is 14.6. The van der Waals surface area contributed by atoms with Gasteiger partial charge in [0.05, 0.1) is 5.92 Å². The van der Waals surface area contributed by atoms with Crippen LogP contribution < -0.4 is 5.32 Å². The predicted octanol–water partition coefficient (Wildman–Crippen LogP) is 1.12. The van der Waals surface area contributed by atoms with Gasteiger partial charge < -0.3 is 20.2 Å². The maximum absolute atomic E-state index is 12.3.